The first-order chi connectivity index (χ1) is 10.1. The average Bonchev–Trinajstić information content (AvgIpc) is 2.47. The molecule has 0 spiro atoms. The van der Waals surface area contributed by atoms with Crippen LogP contribution in [0.3, 0.4) is 0 Å². The van der Waals surface area contributed by atoms with Crippen molar-refractivity contribution in [3.63, 3.8) is 0 Å². The van der Waals surface area contributed by atoms with E-state index in [0.29, 0.717) is 11.5 Å². The number of benzene rings is 2. The molecule has 0 radical (unpaired) electrons. The first-order valence-electron chi connectivity index (χ1n) is 6.20. The van der Waals surface area contributed by atoms with Crippen LogP contribution in [0.15, 0.2) is 53.4 Å². The first kappa shape index (κ1) is 15.2. The predicted octanol–water partition coefficient (Wildman–Crippen LogP) is 2.28. The number of hydrogen-bond donors (Lipinski definition) is 2. The van der Waals surface area contributed by atoms with Crippen LogP contribution >= 0.6 is 0 Å². The fourth-order valence-electron chi connectivity index (χ4n) is 1.71. The van der Waals surface area contributed by atoms with Crippen LogP contribution in [0, 0.1) is 0 Å². The molecule has 0 aliphatic heterocycles. The largest absolute Gasteiger partial charge is 0.611 e. The maximum Gasteiger partial charge on any atom is 0.339 e. The standard InChI is InChI=1S/C15H14O5S/c16-14-10-11(6-7-13(14)15(17)18)20-8-9-21(19)12-4-2-1-3-5-12/h1-7,10,16H,8-9H2,(H,17,18). The van der Waals surface area contributed by atoms with Gasteiger partial charge in [-0.25, -0.2) is 4.79 Å². The van der Waals surface area contributed by atoms with Crippen molar-refractivity contribution < 1.29 is 24.3 Å². The predicted molar refractivity (Wildman–Crippen MR) is 78.3 cm³/mol. The summed E-state index contributed by atoms with van der Waals surface area (Å²) in [5, 5.41) is 18.3. The summed E-state index contributed by atoms with van der Waals surface area (Å²) in [6.07, 6.45) is 0. The fraction of sp³-hybridized carbons (Fsp3) is 0.133. The number of hydrogen-bond acceptors (Lipinski definition) is 4. The molecule has 6 heteroatoms. The monoisotopic (exact) mass is 306 g/mol. The molecule has 0 heterocycles. The first-order valence-corrected chi connectivity index (χ1v) is 7.52. The van der Waals surface area contributed by atoms with E-state index in [2.05, 4.69) is 0 Å². The summed E-state index contributed by atoms with van der Waals surface area (Å²) >= 11 is -1.16. The maximum atomic E-state index is 11.9. The van der Waals surface area contributed by atoms with Gasteiger partial charge in [-0.15, -0.1) is 0 Å². The molecule has 0 bridgehead atoms. The molecule has 0 fully saturated rings. The smallest absolute Gasteiger partial charge is 0.339 e. The second kappa shape index (κ2) is 7.01. The quantitative estimate of drug-likeness (QED) is 0.799. The number of aromatic hydroxyl groups is 1. The van der Waals surface area contributed by atoms with Crippen LogP contribution in [-0.2, 0) is 11.2 Å². The Morgan fingerprint density at radius 3 is 2.52 bits per heavy atom. The summed E-state index contributed by atoms with van der Waals surface area (Å²) in [4.78, 5) is 11.5. The molecule has 2 rings (SSSR count). The molecule has 0 amide bonds. The molecule has 2 aromatic rings. The molecule has 2 aromatic carbocycles. The lowest BCUT2D eigenvalue weighted by molar-refractivity contribution is 0.0693. The summed E-state index contributed by atoms with van der Waals surface area (Å²) in [6, 6.07) is 13.0. The van der Waals surface area contributed by atoms with Crippen molar-refractivity contribution in [3.8, 4) is 11.5 Å². The minimum atomic E-state index is -1.20. The van der Waals surface area contributed by atoms with Crippen molar-refractivity contribution in [2.45, 2.75) is 4.90 Å². The van der Waals surface area contributed by atoms with Gasteiger partial charge in [0.2, 0.25) is 0 Å². The number of carboxylic acids is 1. The topological polar surface area (TPSA) is 89.8 Å². The molecular formula is C15H14O5S. The third-order valence-electron chi connectivity index (χ3n) is 2.74. The highest BCUT2D eigenvalue weighted by Gasteiger charge is 2.12. The van der Waals surface area contributed by atoms with Crippen LogP contribution in [0.1, 0.15) is 10.4 Å². The molecule has 1 unspecified atom stereocenters. The van der Waals surface area contributed by atoms with Gasteiger partial charge < -0.3 is 19.5 Å². The maximum absolute atomic E-state index is 11.9. The van der Waals surface area contributed by atoms with Gasteiger partial charge in [0.25, 0.3) is 0 Å². The second-order valence-corrected chi connectivity index (χ2v) is 5.77. The summed E-state index contributed by atoms with van der Waals surface area (Å²) in [5.41, 5.74) is -0.185. The van der Waals surface area contributed by atoms with E-state index in [1.807, 2.05) is 18.2 Å². The van der Waals surface area contributed by atoms with E-state index in [0.717, 1.165) is 4.90 Å². The summed E-state index contributed by atoms with van der Waals surface area (Å²) in [5.74, 6) is -0.915. The van der Waals surface area contributed by atoms with E-state index in [9.17, 15) is 14.5 Å². The zero-order valence-corrected chi connectivity index (χ0v) is 11.9. The van der Waals surface area contributed by atoms with Crippen molar-refractivity contribution in [1.82, 2.24) is 0 Å². The fourth-order valence-corrected chi connectivity index (χ4v) is 2.64. The van der Waals surface area contributed by atoms with Gasteiger partial charge in [-0.05, 0) is 35.4 Å². The second-order valence-electron chi connectivity index (χ2n) is 4.20. The molecule has 110 valence electrons. The van der Waals surface area contributed by atoms with Gasteiger partial charge in [-0.3, -0.25) is 0 Å². The lowest BCUT2D eigenvalue weighted by atomic mass is 10.2. The zero-order chi connectivity index (χ0) is 15.2. The zero-order valence-electron chi connectivity index (χ0n) is 11.1. The van der Waals surface area contributed by atoms with Crippen LogP contribution in [0.25, 0.3) is 0 Å². The molecule has 5 nitrogen and oxygen atoms in total. The van der Waals surface area contributed by atoms with E-state index in [1.54, 1.807) is 12.1 Å². The molecular weight excluding hydrogens is 292 g/mol. The Bertz CT molecular complexity index is 615. The molecule has 0 saturated heterocycles. The SMILES string of the molecule is O=C(O)c1ccc(OCC[S+]([O-])c2ccccc2)cc1O. The molecule has 0 aliphatic carbocycles. The minimum absolute atomic E-state index is 0.185. The number of rotatable bonds is 6. The normalized spacial score (nSPS) is 11.9. The van der Waals surface area contributed by atoms with E-state index in [4.69, 9.17) is 9.84 Å². The van der Waals surface area contributed by atoms with Crippen LogP contribution in [0.5, 0.6) is 11.5 Å². The van der Waals surface area contributed by atoms with E-state index in [-0.39, 0.29) is 17.9 Å². The summed E-state index contributed by atoms with van der Waals surface area (Å²) < 4.78 is 17.3. The van der Waals surface area contributed by atoms with Gasteiger partial charge in [0, 0.05) is 6.07 Å². The van der Waals surface area contributed by atoms with E-state index in [1.165, 1.54) is 18.2 Å². The lowest BCUT2D eigenvalue weighted by Gasteiger charge is -2.11. The third kappa shape index (κ3) is 4.14. The molecule has 2 N–H and O–H groups in total. The molecule has 21 heavy (non-hydrogen) atoms. The highest BCUT2D eigenvalue weighted by molar-refractivity contribution is 7.91. The highest BCUT2D eigenvalue weighted by atomic mass is 32.2. The Hall–Kier alpha value is -2.18. The Labute approximate surface area is 125 Å². The number of aromatic carboxylic acids is 1. The van der Waals surface area contributed by atoms with Gasteiger partial charge in [-0.2, -0.15) is 0 Å². The van der Waals surface area contributed by atoms with Crippen LogP contribution in [0.4, 0.5) is 0 Å². The Kier molecular flexibility index (Phi) is 5.08. The van der Waals surface area contributed by atoms with Gasteiger partial charge in [0.15, 0.2) is 4.90 Å². The van der Waals surface area contributed by atoms with Crippen LogP contribution < -0.4 is 4.74 Å². The van der Waals surface area contributed by atoms with Crippen LogP contribution in [0.2, 0.25) is 0 Å². The van der Waals surface area contributed by atoms with Crippen molar-refractivity contribution in [2.24, 2.45) is 0 Å². The summed E-state index contributed by atoms with van der Waals surface area (Å²) in [6.45, 7) is 0.202. The van der Waals surface area contributed by atoms with Gasteiger partial charge in [0.05, 0.1) is 0 Å². The Morgan fingerprint density at radius 2 is 1.90 bits per heavy atom. The van der Waals surface area contributed by atoms with Crippen molar-refractivity contribution >= 4 is 17.1 Å². The molecule has 0 aliphatic rings. The highest BCUT2D eigenvalue weighted by Crippen LogP contribution is 2.23. The van der Waals surface area contributed by atoms with Gasteiger partial charge in [0.1, 0.15) is 29.4 Å². The number of phenols is 1. The van der Waals surface area contributed by atoms with E-state index < -0.39 is 17.1 Å². The number of carbonyl (C=O) groups is 1. The van der Waals surface area contributed by atoms with Gasteiger partial charge in [-0.1, -0.05) is 18.2 Å². The van der Waals surface area contributed by atoms with Gasteiger partial charge >= 0.3 is 5.97 Å². The summed E-state index contributed by atoms with van der Waals surface area (Å²) in [7, 11) is 0. The van der Waals surface area contributed by atoms with Crippen molar-refractivity contribution in [1.29, 1.82) is 0 Å². The minimum Gasteiger partial charge on any atom is -0.611 e. The number of carboxylic acid groups (broad SMARTS) is 1. The lowest BCUT2D eigenvalue weighted by Crippen LogP contribution is -2.14. The molecule has 0 aromatic heterocycles. The number of ether oxygens (including phenoxy) is 1. The van der Waals surface area contributed by atoms with Crippen molar-refractivity contribution in [3.05, 3.63) is 54.1 Å². The Morgan fingerprint density at radius 1 is 1.19 bits per heavy atom. The molecule has 1 atom stereocenters. The Balaban J connectivity index is 1.89. The van der Waals surface area contributed by atoms with Crippen LogP contribution in [-0.4, -0.2) is 33.1 Å². The van der Waals surface area contributed by atoms with E-state index >= 15 is 0 Å². The third-order valence-corrected chi connectivity index (χ3v) is 4.08. The van der Waals surface area contributed by atoms with Crippen molar-refractivity contribution in [2.75, 3.05) is 12.4 Å². The average molecular weight is 306 g/mol. The molecule has 0 saturated carbocycles.